The Kier molecular flexibility index (Phi) is 5.84. The van der Waals surface area contributed by atoms with Crippen LogP contribution in [-0.2, 0) is 4.79 Å². The Morgan fingerprint density at radius 3 is 2.64 bits per heavy atom. The van der Waals surface area contributed by atoms with Crippen molar-refractivity contribution in [3.63, 3.8) is 0 Å². The Hall–Kier alpha value is -0.570. The van der Waals surface area contributed by atoms with Gasteiger partial charge < -0.3 is 10.4 Å². The zero-order valence-electron chi connectivity index (χ0n) is 7.26. The molecule has 0 fully saturated rings. The van der Waals surface area contributed by atoms with E-state index >= 15 is 0 Å². The fourth-order valence-electron chi connectivity index (χ4n) is 0.707. The molecule has 11 heavy (non-hydrogen) atoms. The molecule has 0 saturated carbocycles. The van der Waals surface area contributed by atoms with Crippen LogP contribution in [0.15, 0.2) is 0 Å². The first-order valence-corrected chi connectivity index (χ1v) is 4.15. The standard InChI is InChI=1S/C8H17NO2/c1-3-7(10)5-6-9-8(11)4-2/h7,10H,3-6H2,1-2H3,(H,9,11). The van der Waals surface area contributed by atoms with E-state index in [2.05, 4.69) is 5.32 Å². The van der Waals surface area contributed by atoms with Crippen molar-refractivity contribution >= 4 is 5.91 Å². The summed E-state index contributed by atoms with van der Waals surface area (Å²) < 4.78 is 0. The van der Waals surface area contributed by atoms with E-state index < -0.39 is 0 Å². The second kappa shape index (κ2) is 6.16. The molecular weight excluding hydrogens is 142 g/mol. The lowest BCUT2D eigenvalue weighted by Gasteiger charge is -2.07. The first-order valence-electron chi connectivity index (χ1n) is 4.15. The highest BCUT2D eigenvalue weighted by atomic mass is 16.3. The minimum absolute atomic E-state index is 0.0494. The Bertz CT molecular complexity index is 115. The van der Waals surface area contributed by atoms with Crippen LogP contribution in [-0.4, -0.2) is 23.7 Å². The first-order chi connectivity index (χ1) is 5.20. The fraction of sp³-hybridized carbons (Fsp3) is 0.875. The molecule has 0 spiro atoms. The number of rotatable bonds is 5. The molecule has 66 valence electrons. The summed E-state index contributed by atoms with van der Waals surface area (Å²) >= 11 is 0. The van der Waals surface area contributed by atoms with Crippen LogP contribution in [0.2, 0.25) is 0 Å². The number of carbonyl (C=O) groups is 1. The Morgan fingerprint density at radius 1 is 1.55 bits per heavy atom. The molecule has 0 bridgehead atoms. The van der Waals surface area contributed by atoms with Gasteiger partial charge in [0.15, 0.2) is 0 Å². The molecule has 0 heterocycles. The van der Waals surface area contributed by atoms with Gasteiger partial charge in [0.25, 0.3) is 0 Å². The van der Waals surface area contributed by atoms with Gasteiger partial charge in [-0.1, -0.05) is 13.8 Å². The van der Waals surface area contributed by atoms with Crippen molar-refractivity contribution in [2.75, 3.05) is 6.54 Å². The number of hydrogen-bond donors (Lipinski definition) is 2. The topological polar surface area (TPSA) is 49.3 Å². The van der Waals surface area contributed by atoms with Crippen molar-refractivity contribution in [3.8, 4) is 0 Å². The van der Waals surface area contributed by atoms with E-state index in [1.165, 1.54) is 0 Å². The predicted molar refractivity (Wildman–Crippen MR) is 44.2 cm³/mol. The monoisotopic (exact) mass is 159 g/mol. The maximum absolute atomic E-state index is 10.7. The van der Waals surface area contributed by atoms with Crippen molar-refractivity contribution in [1.29, 1.82) is 0 Å². The van der Waals surface area contributed by atoms with E-state index in [4.69, 9.17) is 5.11 Å². The molecule has 1 unspecified atom stereocenters. The highest BCUT2D eigenvalue weighted by Gasteiger charge is 2.00. The zero-order valence-corrected chi connectivity index (χ0v) is 7.26. The molecule has 1 amide bonds. The Labute approximate surface area is 67.8 Å². The lowest BCUT2D eigenvalue weighted by atomic mass is 10.2. The van der Waals surface area contributed by atoms with Crippen LogP contribution < -0.4 is 5.32 Å². The molecule has 0 aromatic heterocycles. The van der Waals surface area contributed by atoms with Gasteiger partial charge in [-0.2, -0.15) is 0 Å². The van der Waals surface area contributed by atoms with Crippen molar-refractivity contribution < 1.29 is 9.90 Å². The highest BCUT2D eigenvalue weighted by Crippen LogP contribution is 1.94. The maximum atomic E-state index is 10.7. The summed E-state index contributed by atoms with van der Waals surface area (Å²) in [7, 11) is 0. The molecule has 0 aliphatic carbocycles. The van der Waals surface area contributed by atoms with Gasteiger partial charge in [-0.25, -0.2) is 0 Å². The predicted octanol–water partition coefficient (Wildman–Crippen LogP) is 0.674. The van der Waals surface area contributed by atoms with Gasteiger partial charge >= 0.3 is 0 Å². The van der Waals surface area contributed by atoms with Crippen LogP contribution in [0.1, 0.15) is 33.1 Å². The molecule has 0 rings (SSSR count). The number of carbonyl (C=O) groups excluding carboxylic acids is 1. The van der Waals surface area contributed by atoms with Crippen LogP contribution in [0.5, 0.6) is 0 Å². The summed E-state index contributed by atoms with van der Waals surface area (Å²) in [5.74, 6) is 0.0494. The number of hydrogen-bond acceptors (Lipinski definition) is 2. The summed E-state index contributed by atoms with van der Waals surface area (Å²) in [4.78, 5) is 10.7. The molecule has 1 atom stereocenters. The summed E-state index contributed by atoms with van der Waals surface area (Å²) in [5.41, 5.74) is 0. The smallest absolute Gasteiger partial charge is 0.219 e. The molecule has 3 nitrogen and oxygen atoms in total. The van der Waals surface area contributed by atoms with Crippen LogP contribution in [0.25, 0.3) is 0 Å². The van der Waals surface area contributed by atoms with Crippen LogP contribution in [0.4, 0.5) is 0 Å². The van der Waals surface area contributed by atoms with Crippen molar-refractivity contribution in [2.24, 2.45) is 0 Å². The van der Waals surface area contributed by atoms with E-state index in [0.717, 1.165) is 6.42 Å². The number of amides is 1. The summed E-state index contributed by atoms with van der Waals surface area (Å²) in [6, 6.07) is 0. The molecule has 0 aromatic rings. The van der Waals surface area contributed by atoms with Gasteiger partial charge in [-0.3, -0.25) is 4.79 Å². The first kappa shape index (κ1) is 10.4. The van der Waals surface area contributed by atoms with Crippen molar-refractivity contribution in [3.05, 3.63) is 0 Å². The molecule has 0 aliphatic heterocycles. The van der Waals surface area contributed by atoms with Crippen LogP contribution in [0.3, 0.4) is 0 Å². The summed E-state index contributed by atoms with van der Waals surface area (Å²) in [5, 5.41) is 11.8. The Morgan fingerprint density at radius 2 is 2.18 bits per heavy atom. The average Bonchev–Trinajstić information content (AvgIpc) is 2.04. The largest absolute Gasteiger partial charge is 0.393 e. The third-order valence-electron chi connectivity index (χ3n) is 1.59. The maximum Gasteiger partial charge on any atom is 0.219 e. The third-order valence-corrected chi connectivity index (χ3v) is 1.59. The van der Waals surface area contributed by atoms with Gasteiger partial charge in [0.1, 0.15) is 0 Å². The highest BCUT2D eigenvalue weighted by molar-refractivity contribution is 5.75. The molecule has 3 heteroatoms. The van der Waals surface area contributed by atoms with Gasteiger partial charge in [0, 0.05) is 13.0 Å². The van der Waals surface area contributed by atoms with Gasteiger partial charge in [0.05, 0.1) is 6.10 Å². The zero-order chi connectivity index (χ0) is 8.69. The molecule has 0 aliphatic rings. The second-order valence-corrected chi connectivity index (χ2v) is 2.55. The minimum Gasteiger partial charge on any atom is -0.393 e. The number of nitrogens with one attached hydrogen (secondary N) is 1. The van der Waals surface area contributed by atoms with Crippen molar-refractivity contribution in [2.45, 2.75) is 39.2 Å². The van der Waals surface area contributed by atoms with E-state index in [-0.39, 0.29) is 12.0 Å². The average molecular weight is 159 g/mol. The SMILES string of the molecule is CCC(=O)NCCC(O)CC. The quantitative estimate of drug-likeness (QED) is 0.619. The fourth-order valence-corrected chi connectivity index (χ4v) is 0.707. The number of aliphatic hydroxyl groups is 1. The molecular formula is C8H17NO2. The van der Waals surface area contributed by atoms with E-state index in [1.807, 2.05) is 13.8 Å². The van der Waals surface area contributed by atoms with E-state index in [1.54, 1.807) is 0 Å². The van der Waals surface area contributed by atoms with Gasteiger partial charge in [-0.15, -0.1) is 0 Å². The Balaban J connectivity index is 3.20. The summed E-state index contributed by atoms with van der Waals surface area (Å²) in [6.07, 6.45) is 1.65. The third kappa shape index (κ3) is 5.85. The molecule has 0 saturated heterocycles. The lowest BCUT2D eigenvalue weighted by molar-refractivity contribution is -0.120. The van der Waals surface area contributed by atoms with Gasteiger partial charge in [0.2, 0.25) is 5.91 Å². The van der Waals surface area contributed by atoms with Crippen LogP contribution >= 0.6 is 0 Å². The minimum atomic E-state index is -0.271. The van der Waals surface area contributed by atoms with Crippen LogP contribution in [0, 0.1) is 0 Å². The summed E-state index contributed by atoms with van der Waals surface area (Å²) in [6.45, 7) is 4.32. The molecule has 2 N–H and O–H groups in total. The second-order valence-electron chi connectivity index (χ2n) is 2.55. The van der Waals surface area contributed by atoms with E-state index in [9.17, 15) is 4.79 Å². The van der Waals surface area contributed by atoms with Gasteiger partial charge in [-0.05, 0) is 12.8 Å². The van der Waals surface area contributed by atoms with Crippen molar-refractivity contribution in [1.82, 2.24) is 5.32 Å². The molecule has 0 radical (unpaired) electrons. The lowest BCUT2D eigenvalue weighted by Crippen LogP contribution is -2.25. The molecule has 0 aromatic carbocycles. The van der Waals surface area contributed by atoms with E-state index in [0.29, 0.717) is 19.4 Å². The normalized spacial score (nSPS) is 12.6. The number of aliphatic hydroxyl groups excluding tert-OH is 1.